The molecule has 2 aromatic heterocycles. The maximum atomic E-state index is 13.1. The number of anilines is 2. The van der Waals surface area contributed by atoms with Gasteiger partial charge in [-0.2, -0.15) is 0 Å². The van der Waals surface area contributed by atoms with Gasteiger partial charge in [-0.3, -0.25) is 14.4 Å². The van der Waals surface area contributed by atoms with Crippen LogP contribution in [-0.2, 0) is 6.54 Å². The van der Waals surface area contributed by atoms with Gasteiger partial charge in [0, 0.05) is 5.02 Å². The zero-order chi connectivity index (χ0) is 23.2. The Labute approximate surface area is 193 Å². The van der Waals surface area contributed by atoms with E-state index in [4.69, 9.17) is 20.4 Å². The smallest absolute Gasteiger partial charge is 0.291 e. The van der Waals surface area contributed by atoms with Crippen LogP contribution in [0.2, 0.25) is 5.02 Å². The largest absolute Gasteiger partial charge is 0.467 e. The van der Waals surface area contributed by atoms with Crippen molar-refractivity contribution >= 4 is 40.7 Å². The summed E-state index contributed by atoms with van der Waals surface area (Å²) in [5.74, 6) is -0.775. The predicted octanol–water partition coefficient (Wildman–Crippen LogP) is 4.96. The molecule has 0 fully saturated rings. The normalized spacial score (nSPS) is 10.5. The molecule has 0 saturated carbocycles. The molecule has 2 heterocycles. The Bertz CT molecular complexity index is 1280. The summed E-state index contributed by atoms with van der Waals surface area (Å²) in [5, 5.41) is 8.41. The Morgan fingerprint density at radius 1 is 0.727 bits per heavy atom. The topological polar surface area (TPSA) is 114 Å². The van der Waals surface area contributed by atoms with Crippen LogP contribution in [0.25, 0.3) is 0 Å². The molecule has 3 amide bonds. The number of nitrogens with one attached hydrogen (secondary N) is 3. The first-order chi connectivity index (χ1) is 16.0. The summed E-state index contributed by atoms with van der Waals surface area (Å²) in [5.41, 5.74) is 0.912. The maximum Gasteiger partial charge on any atom is 0.291 e. The summed E-state index contributed by atoms with van der Waals surface area (Å²) in [7, 11) is 0. The van der Waals surface area contributed by atoms with Crippen molar-refractivity contribution in [2.45, 2.75) is 6.54 Å². The molecular weight excluding hydrogens is 446 g/mol. The summed E-state index contributed by atoms with van der Waals surface area (Å²) >= 11 is 6.09. The Kier molecular flexibility index (Phi) is 6.56. The van der Waals surface area contributed by atoms with Gasteiger partial charge in [0.2, 0.25) is 0 Å². The molecule has 0 radical (unpaired) electrons. The number of hydrogen-bond donors (Lipinski definition) is 3. The fraction of sp³-hybridized carbons (Fsp3) is 0.0417. The van der Waals surface area contributed by atoms with Crippen molar-refractivity contribution in [3.05, 3.63) is 107 Å². The second-order valence-corrected chi connectivity index (χ2v) is 7.32. The Morgan fingerprint density at radius 2 is 1.45 bits per heavy atom. The molecule has 8 nitrogen and oxygen atoms in total. The summed E-state index contributed by atoms with van der Waals surface area (Å²) in [6.45, 7) is 0.200. The van der Waals surface area contributed by atoms with Crippen LogP contribution in [0.15, 0.2) is 88.1 Å². The number of halogens is 1. The van der Waals surface area contributed by atoms with E-state index in [2.05, 4.69) is 16.0 Å². The molecule has 0 bridgehead atoms. The SMILES string of the molecule is O=C(Nc1ccc(Cl)cc1C(=O)Nc1ccccc1C(=O)NCc1ccco1)c1ccco1. The van der Waals surface area contributed by atoms with Gasteiger partial charge in [0.25, 0.3) is 17.7 Å². The summed E-state index contributed by atoms with van der Waals surface area (Å²) in [4.78, 5) is 38.1. The number of amides is 3. The van der Waals surface area contributed by atoms with Crippen molar-refractivity contribution in [2.75, 3.05) is 10.6 Å². The van der Waals surface area contributed by atoms with E-state index in [1.54, 1.807) is 48.5 Å². The molecular formula is C24H18ClN3O5. The van der Waals surface area contributed by atoms with Crippen LogP contribution in [0.5, 0.6) is 0 Å². The first-order valence-corrected chi connectivity index (χ1v) is 10.2. The van der Waals surface area contributed by atoms with E-state index in [0.29, 0.717) is 16.5 Å². The number of furan rings is 2. The lowest BCUT2D eigenvalue weighted by molar-refractivity contribution is 0.0947. The van der Waals surface area contributed by atoms with Crippen molar-refractivity contribution in [3.63, 3.8) is 0 Å². The Balaban J connectivity index is 1.53. The van der Waals surface area contributed by atoms with Crippen LogP contribution in [-0.4, -0.2) is 17.7 Å². The molecule has 0 aliphatic heterocycles. The minimum Gasteiger partial charge on any atom is -0.467 e. The number of benzene rings is 2. The highest BCUT2D eigenvalue weighted by Gasteiger charge is 2.19. The van der Waals surface area contributed by atoms with Crippen molar-refractivity contribution in [1.82, 2.24) is 5.32 Å². The van der Waals surface area contributed by atoms with E-state index in [1.807, 2.05) is 0 Å². The highest BCUT2D eigenvalue weighted by Crippen LogP contribution is 2.24. The summed E-state index contributed by atoms with van der Waals surface area (Å²) < 4.78 is 10.3. The van der Waals surface area contributed by atoms with Gasteiger partial charge < -0.3 is 24.8 Å². The fourth-order valence-corrected chi connectivity index (χ4v) is 3.23. The molecule has 9 heteroatoms. The summed E-state index contributed by atoms with van der Waals surface area (Å²) in [6, 6.07) is 17.6. The molecule has 0 atom stereocenters. The fourth-order valence-electron chi connectivity index (χ4n) is 3.06. The number of carbonyl (C=O) groups excluding carboxylic acids is 3. The molecule has 0 aliphatic carbocycles. The number of carbonyl (C=O) groups is 3. The van der Waals surface area contributed by atoms with Gasteiger partial charge in [-0.1, -0.05) is 23.7 Å². The van der Waals surface area contributed by atoms with Crippen LogP contribution < -0.4 is 16.0 Å². The van der Waals surface area contributed by atoms with Crippen LogP contribution >= 0.6 is 11.6 Å². The van der Waals surface area contributed by atoms with Crippen LogP contribution in [0.1, 0.15) is 37.0 Å². The first-order valence-electron chi connectivity index (χ1n) is 9.86. The van der Waals surface area contributed by atoms with Gasteiger partial charge >= 0.3 is 0 Å². The first kappa shape index (κ1) is 21.9. The average molecular weight is 464 g/mol. The zero-order valence-corrected chi connectivity index (χ0v) is 17.9. The molecule has 33 heavy (non-hydrogen) atoms. The third-order valence-electron chi connectivity index (χ3n) is 4.64. The highest BCUT2D eigenvalue weighted by atomic mass is 35.5. The van der Waals surface area contributed by atoms with E-state index in [1.165, 1.54) is 30.7 Å². The number of para-hydroxylation sites is 1. The van der Waals surface area contributed by atoms with Crippen molar-refractivity contribution in [3.8, 4) is 0 Å². The third kappa shape index (κ3) is 5.31. The van der Waals surface area contributed by atoms with Crippen molar-refractivity contribution in [2.24, 2.45) is 0 Å². The summed E-state index contributed by atoms with van der Waals surface area (Å²) in [6.07, 6.45) is 2.89. The lowest BCUT2D eigenvalue weighted by atomic mass is 10.1. The van der Waals surface area contributed by atoms with Crippen molar-refractivity contribution in [1.29, 1.82) is 0 Å². The van der Waals surface area contributed by atoms with Gasteiger partial charge in [0.05, 0.1) is 41.6 Å². The predicted molar refractivity (Wildman–Crippen MR) is 122 cm³/mol. The minimum atomic E-state index is -0.557. The number of hydrogen-bond acceptors (Lipinski definition) is 5. The highest BCUT2D eigenvalue weighted by molar-refractivity contribution is 6.31. The zero-order valence-electron chi connectivity index (χ0n) is 17.1. The van der Waals surface area contributed by atoms with Gasteiger partial charge in [-0.05, 0) is 54.6 Å². The average Bonchev–Trinajstić information content (AvgIpc) is 3.53. The van der Waals surface area contributed by atoms with E-state index in [-0.39, 0.29) is 35.0 Å². The van der Waals surface area contributed by atoms with E-state index in [9.17, 15) is 14.4 Å². The second kappa shape index (κ2) is 9.88. The van der Waals surface area contributed by atoms with Crippen LogP contribution in [0, 0.1) is 0 Å². The molecule has 2 aromatic carbocycles. The molecule has 0 unspecified atom stereocenters. The molecule has 0 saturated heterocycles. The van der Waals surface area contributed by atoms with Gasteiger partial charge in [-0.25, -0.2) is 0 Å². The monoisotopic (exact) mass is 463 g/mol. The molecule has 0 aliphatic rings. The number of rotatable bonds is 7. The lowest BCUT2D eigenvalue weighted by Gasteiger charge is -2.14. The van der Waals surface area contributed by atoms with Gasteiger partial charge in [0.1, 0.15) is 5.76 Å². The van der Waals surface area contributed by atoms with Crippen molar-refractivity contribution < 1.29 is 23.2 Å². The minimum absolute atomic E-state index is 0.0925. The van der Waals surface area contributed by atoms with E-state index < -0.39 is 11.8 Å². The lowest BCUT2D eigenvalue weighted by Crippen LogP contribution is -2.25. The molecule has 0 spiro atoms. The Morgan fingerprint density at radius 3 is 2.21 bits per heavy atom. The molecule has 4 aromatic rings. The van der Waals surface area contributed by atoms with Gasteiger partial charge in [-0.15, -0.1) is 0 Å². The van der Waals surface area contributed by atoms with E-state index >= 15 is 0 Å². The maximum absolute atomic E-state index is 13.1. The van der Waals surface area contributed by atoms with Crippen LogP contribution in [0.4, 0.5) is 11.4 Å². The van der Waals surface area contributed by atoms with Crippen LogP contribution in [0.3, 0.4) is 0 Å². The second-order valence-electron chi connectivity index (χ2n) is 6.88. The molecule has 166 valence electrons. The standard InChI is InChI=1S/C24H18ClN3O5/c25-15-9-10-20(28-24(31)21-8-4-12-33-21)18(13-15)23(30)27-19-7-2-1-6-17(19)22(29)26-14-16-5-3-11-32-16/h1-13H,14H2,(H,26,29)(H,27,30)(H,28,31). The van der Waals surface area contributed by atoms with Gasteiger partial charge in [0.15, 0.2) is 5.76 Å². The third-order valence-corrected chi connectivity index (χ3v) is 4.88. The molecule has 4 rings (SSSR count). The van der Waals surface area contributed by atoms with E-state index in [0.717, 1.165) is 0 Å². The molecule has 3 N–H and O–H groups in total. The quantitative estimate of drug-likeness (QED) is 0.358. The Hall–Kier alpha value is -4.30.